The van der Waals surface area contributed by atoms with E-state index in [1.807, 2.05) is 27.7 Å². The van der Waals surface area contributed by atoms with Gasteiger partial charge >= 0.3 is 14.5 Å². The molecule has 0 N–H and O–H groups in total. The standard InChI is InChI=1S/C20H38Cl4O7P2S/c1-7-17(21)11-26-32(25,27-12-18(22)8-2)30-15(5)16(6)31-33(34,28-13-19(23)9-3)29-14-20(24)10-4/h17-20H,7-14H2,1-6H3/b16-15+. The second-order valence-electron chi connectivity index (χ2n) is 7.39. The maximum absolute atomic E-state index is 13.3. The van der Waals surface area contributed by atoms with Crippen LogP contribution in [0.2, 0.25) is 0 Å². The van der Waals surface area contributed by atoms with Crippen molar-refractivity contribution in [1.29, 1.82) is 0 Å². The van der Waals surface area contributed by atoms with Gasteiger partial charge in [0.25, 0.3) is 0 Å². The van der Waals surface area contributed by atoms with E-state index in [1.165, 1.54) is 6.92 Å². The Morgan fingerprint density at radius 3 is 1.26 bits per heavy atom. The van der Waals surface area contributed by atoms with Crippen molar-refractivity contribution in [2.45, 2.75) is 88.7 Å². The van der Waals surface area contributed by atoms with Crippen molar-refractivity contribution in [1.82, 2.24) is 0 Å². The molecule has 0 aromatic carbocycles. The summed E-state index contributed by atoms with van der Waals surface area (Å²) >= 11 is 30.1. The van der Waals surface area contributed by atoms with Gasteiger partial charge in [-0.1, -0.05) is 27.7 Å². The Morgan fingerprint density at radius 2 is 0.941 bits per heavy atom. The van der Waals surface area contributed by atoms with Crippen LogP contribution in [0.15, 0.2) is 11.5 Å². The first-order chi connectivity index (χ1) is 15.8. The lowest BCUT2D eigenvalue weighted by molar-refractivity contribution is 0.128. The van der Waals surface area contributed by atoms with Crippen molar-refractivity contribution in [3.8, 4) is 0 Å². The smallest absolute Gasteiger partial charge is 0.425 e. The topological polar surface area (TPSA) is 72.5 Å². The first-order valence-electron chi connectivity index (χ1n) is 11.2. The number of rotatable bonds is 20. The number of phosphoric acid groups is 1. The molecule has 14 heteroatoms. The summed E-state index contributed by atoms with van der Waals surface area (Å²) in [6, 6.07) is 0. The molecule has 0 saturated carbocycles. The summed E-state index contributed by atoms with van der Waals surface area (Å²) in [5.41, 5.74) is 0. The van der Waals surface area contributed by atoms with Gasteiger partial charge in [-0.3, -0.25) is 18.1 Å². The van der Waals surface area contributed by atoms with Gasteiger partial charge in [-0.15, -0.1) is 46.4 Å². The van der Waals surface area contributed by atoms with Gasteiger partial charge in [0, 0.05) is 11.8 Å². The molecule has 0 aliphatic heterocycles. The second kappa shape index (κ2) is 18.5. The molecule has 34 heavy (non-hydrogen) atoms. The summed E-state index contributed by atoms with van der Waals surface area (Å²) in [5.74, 6) is 0.308. The van der Waals surface area contributed by atoms with E-state index in [-0.39, 0.29) is 59.5 Å². The molecule has 204 valence electrons. The third-order valence-corrected chi connectivity index (χ3v) is 9.87. The van der Waals surface area contributed by atoms with E-state index in [0.29, 0.717) is 25.7 Å². The average molecular weight is 626 g/mol. The Kier molecular flexibility index (Phi) is 19.1. The van der Waals surface area contributed by atoms with Crippen molar-refractivity contribution >= 4 is 72.8 Å². The Labute approximate surface area is 230 Å². The highest BCUT2D eigenvalue weighted by Gasteiger charge is 2.33. The third kappa shape index (κ3) is 15.5. The van der Waals surface area contributed by atoms with Crippen LogP contribution in [-0.2, 0) is 43.5 Å². The molecule has 7 nitrogen and oxygen atoms in total. The lowest BCUT2D eigenvalue weighted by atomic mass is 10.4. The van der Waals surface area contributed by atoms with Gasteiger partial charge in [-0.2, -0.15) is 0 Å². The molecule has 0 aliphatic rings. The van der Waals surface area contributed by atoms with E-state index in [4.69, 9.17) is 85.4 Å². The van der Waals surface area contributed by atoms with Gasteiger partial charge in [0.15, 0.2) is 0 Å². The van der Waals surface area contributed by atoms with Crippen molar-refractivity contribution in [2.75, 3.05) is 26.4 Å². The summed E-state index contributed by atoms with van der Waals surface area (Å²) in [4.78, 5) is 0. The monoisotopic (exact) mass is 624 g/mol. The number of halogens is 4. The molecule has 0 heterocycles. The molecule has 0 rings (SSSR count). The van der Waals surface area contributed by atoms with Crippen LogP contribution >= 0.6 is 60.9 Å². The number of hydrogen-bond donors (Lipinski definition) is 0. The quantitative estimate of drug-likeness (QED) is 0.0755. The lowest BCUT2D eigenvalue weighted by Gasteiger charge is -2.26. The number of phosphoric ester groups is 1. The van der Waals surface area contributed by atoms with Crippen molar-refractivity contribution in [3.05, 3.63) is 11.5 Å². The van der Waals surface area contributed by atoms with E-state index in [2.05, 4.69) is 0 Å². The summed E-state index contributed by atoms with van der Waals surface area (Å²) < 4.78 is 47.1. The van der Waals surface area contributed by atoms with Crippen LogP contribution in [-0.4, -0.2) is 47.9 Å². The highest BCUT2D eigenvalue weighted by Crippen LogP contribution is 2.55. The molecule has 0 spiro atoms. The zero-order valence-electron chi connectivity index (χ0n) is 20.6. The first-order valence-corrected chi connectivity index (χ1v) is 17.0. The molecule has 0 radical (unpaired) electrons. The van der Waals surface area contributed by atoms with Gasteiger partial charge in [-0.05, 0) is 39.5 Å². The number of allylic oxidation sites excluding steroid dienone is 2. The summed E-state index contributed by atoms with van der Waals surface area (Å²) in [5, 5.41) is -1.25. The Bertz CT molecular complexity index is 610. The van der Waals surface area contributed by atoms with Crippen molar-refractivity contribution in [3.63, 3.8) is 0 Å². The molecule has 0 saturated heterocycles. The van der Waals surface area contributed by atoms with E-state index in [9.17, 15) is 4.57 Å². The minimum atomic E-state index is -4.05. The zero-order chi connectivity index (χ0) is 26.4. The largest absolute Gasteiger partial charge is 0.529 e. The molecule has 0 bridgehead atoms. The third-order valence-electron chi connectivity index (χ3n) is 4.42. The van der Waals surface area contributed by atoms with Gasteiger partial charge in [0.1, 0.15) is 11.5 Å². The minimum Gasteiger partial charge on any atom is -0.425 e. The SMILES string of the molecule is CCC(Cl)COP(=O)(OCC(Cl)CC)O/C(C)=C(\C)OP(=S)(OCC(Cl)CC)OCC(Cl)CC. The molecule has 0 amide bonds. The van der Waals surface area contributed by atoms with Crippen LogP contribution in [0.5, 0.6) is 0 Å². The fourth-order valence-corrected chi connectivity index (χ4v) is 5.85. The van der Waals surface area contributed by atoms with Crippen LogP contribution in [0.3, 0.4) is 0 Å². The molecule has 0 aromatic heterocycles. The molecule has 4 atom stereocenters. The van der Waals surface area contributed by atoms with Gasteiger partial charge in [0.05, 0.1) is 47.9 Å². The maximum atomic E-state index is 13.3. The maximum Gasteiger partial charge on any atom is 0.529 e. The summed E-state index contributed by atoms with van der Waals surface area (Å²) in [6.45, 7) is 7.63. The van der Waals surface area contributed by atoms with Crippen LogP contribution in [0.4, 0.5) is 0 Å². The van der Waals surface area contributed by atoms with E-state index in [0.717, 1.165) is 0 Å². The van der Waals surface area contributed by atoms with Crippen LogP contribution in [0.1, 0.15) is 67.2 Å². The molecular weight excluding hydrogens is 588 g/mol. The molecule has 0 aliphatic carbocycles. The average Bonchev–Trinajstić information content (AvgIpc) is 2.82. The predicted molar refractivity (Wildman–Crippen MR) is 146 cm³/mol. The number of hydrogen-bond acceptors (Lipinski definition) is 8. The Balaban J connectivity index is 5.60. The fraction of sp³-hybridized carbons (Fsp3) is 0.900. The molecule has 4 unspecified atom stereocenters. The molecule has 0 fully saturated rings. The van der Waals surface area contributed by atoms with Gasteiger partial charge < -0.3 is 9.05 Å². The summed E-state index contributed by atoms with van der Waals surface area (Å²) in [6.07, 6.45) is 2.58. The van der Waals surface area contributed by atoms with E-state index in [1.54, 1.807) is 6.92 Å². The highest BCUT2D eigenvalue weighted by atomic mass is 35.5. The van der Waals surface area contributed by atoms with Gasteiger partial charge in [0.2, 0.25) is 0 Å². The van der Waals surface area contributed by atoms with Crippen molar-refractivity contribution < 1.29 is 31.7 Å². The van der Waals surface area contributed by atoms with E-state index < -0.39 is 14.5 Å². The van der Waals surface area contributed by atoms with Gasteiger partial charge in [-0.25, -0.2) is 4.57 Å². The Morgan fingerprint density at radius 1 is 0.647 bits per heavy atom. The van der Waals surface area contributed by atoms with Crippen LogP contribution in [0, 0.1) is 0 Å². The lowest BCUT2D eigenvalue weighted by Crippen LogP contribution is -2.14. The zero-order valence-corrected chi connectivity index (χ0v) is 26.3. The first kappa shape index (κ1) is 35.2. The predicted octanol–water partition coefficient (Wildman–Crippen LogP) is 8.74. The normalized spacial score (nSPS) is 19.8. The second-order valence-corrected chi connectivity index (χ2v) is 14.4. The molecular formula is C20H38Cl4O7P2S. The summed E-state index contributed by atoms with van der Waals surface area (Å²) in [7, 11) is -4.05. The minimum absolute atomic E-state index is 0.0337. The highest BCUT2D eigenvalue weighted by molar-refractivity contribution is 8.07. The molecule has 0 aromatic rings. The number of alkyl halides is 4. The van der Waals surface area contributed by atoms with Crippen LogP contribution < -0.4 is 0 Å². The van der Waals surface area contributed by atoms with Crippen LogP contribution in [0.25, 0.3) is 0 Å². The Hall–Kier alpha value is 1.22. The van der Waals surface area contributed by atoms with Crippen molar-refractivity contribution in [2.24, 2.45) is 0 Å². The van der Waals surface area contributed by atoms with E-state index >= 15 is 0 Å². The fourth-order valence-electron chi connectivity index (χ4n) is 1.80.